The van der Waals surface area contributed by atoms with Gasteiger partial charge in [-0.15, -0.1) is 5.10 Å². The van der Waals surface area contributed by atoms with Crippen molar-refractivity contribution in [3.05, 3.63) is 40.6 Å². The minimum Gasteiger partial charge on any atom is -0.320 e. The number of carbonyl (C=O) groups excluding carboxylic acids is 1. The molecule has 112 valence electrons. The summed E-state index contributed by atoms with van der Waals surface area (Å²) in [5, 5.41) is 9.95. The summed E-state index contributed by atoms with van der Waals surface area (Å²) in [6.07, 6.45) is 2.87. The monoisotopic (exact) mass is 351 g/mol. The molecule has 0 bridgehead atoms. The fourth-order valence-electron chi connectivity index (χ4n) is 1.86. The van der Waals surface area contributed by atoms with Gasteiger partial charge in [-0.1, -0.05) is 28.1 Å². The highest BCUT2D eigenvalue weighted by Gasteiger charge is 2.06. The molecule has 0 unspecified atom stereocenters. The summed E-state index contributed by atoms with van der Waals surface area (Å²) in [6.45, 7) is 1.43. The molecule has 2 N–H and O–H groups in total. The van der Waals surface area contributed by atoms with Crippen LogP contribution in [0.1, 0.15) is 18.4 Å². The van der Waals surface area contributed by atoms with Crippen molar-refractivity contribution in [2.75, 3.05) is 18.9 Å². The molecule has 0 saturated heterocycles. The maximum absolute atomic E-state index is 11.7. The summed E-state index contributed by atoms with van der Waals surface area (Å²) in [5.74, 6) is 0.282. The Hall–Kier alpha value is -1.73. The minimum atomic E-state index is -0.0644. The first-order chi connectivity index (χ1) is 10.2. The number of hydrogen-bond acceptors (Lipinski definition) is 4. The molecule has 6 nitrogen and oxygen atoms in total. The van der Waals surface area contributed by atoms with E-state index in [0.29, 0.717) is 18.9 Å². The van der Waals surface area contributed by atoms with Crippen LogP contribution in [0.25, 0.3) is 0 Å². The van der Waals surface area contributed by atoms with Crippen molar-refractivity contribution in [3.8, 4) is 0 Å². The summed E-state index contributed by atoms with van der Waals surface area (Å²) >= 11 is 3.44. The van der Waals surface area contributed by atoms with E-state index in [4.69, 9.17) is 0 Å². The molecule has 1 amide bonds. The third kappa shape index (κ3) is 5.28. The number of amides is 1. The summed E-state index contributed by atoms with van der Waals surface area (Å²) in [6, 6.07) is 7.99. The lowest BCUT2D eigenvalue weighted by Gasteiger charge is -2.02. The lowest BCUT2D eigenvalue weighted by molar-refractivity contribution is -0.116. The zero-order valence-electron chi connectivity index (χ0n) is 11.8. The Balaban J connectivity index is 1.88. The van der Waals surface area contributed by atoms with E-state index < -0.39 is 0 Å². The van der Waals surface area contributed by atoms with Crippen molar-refractivity contribution in [2.24, 2.45) is 0 Å². The molecule has 0 aliphatic rings. The van der Waals surface area contributed by atoms with E-state index in [1.165, 1.54) is 0 Å². The number of carbonyl (C=O) groups is 1. The second-order valence-electron chi connectivity index (χ2n) is 4.65. The topological polar surface area (TPSA) is 71.8 Å². The van der Waals surface area contributed by atoms with E-state index >= 15 is 0 Å². The molecule has 0 aliphatic carbocycles. The van der Waals surface area contributed by atoms with Crippen LogP contribution in [-0.2, 0) is 11.3 Å². The van der Waals surface area contributed by atoms with E-state index in [1.54, 1.807) is 11.0 Å². The Kier molecular flexibility index (Phi) is 5.89. The number of hydrogen-bond donors (Lipinski definition) is 2. The maximum atomic E-state index is 11.7. The van der Waals surface area contributed by atoms with Gasteiger partial charge in [-0.25, -0.2) is 9.67 Å². The largest absolute Gasteiger partial charge is 0.320 e. The fourth-order valence-corrected chi connectivity index (χ4v) is 2.31. The van der Waals surface area contributed by atoms with Gasteiger partial charge in [0.25, 0.3) is 0 Å². The lowest BCUT2D eigenvalue weighted by atomic mass is 10.2. The van der Waals surface area contributed by atoms with E-state index in [1.807, 2.05) is 31.3 Å². The number of anilines is 1. The summed E-state index contributed by atoms with van der Waals surface area (Å²) in [5.41, 5.74) is 1.11. The Morgan fingerprint density at radius 1 is 1.43 bits per heavy atom. The van der Waals surface area contributed by atoms with Crippen LogP contribution in [0.5, 0.6) is 0 Å². The van der Waals surface area contributed by atoms with Crippen LogP contribution in [0, 0.1) is 0 Å². The molecule has 21 heavy (non-hydrogen) atoms. The molecule has 0 radical (unpaired) electrons. The molecule has 1 heterocycles. The van der Waals surface area contributed by atoms with E-state index in [2.05, 4.69) is 36.6 Å². The van der Waals surface area contributed by atoms with Gasteiger partial charge in [0, 0.05) is 10.9 Å². The average Bonchev–Trinajstić information content (AvgIpc) is 2.86. The number of rotatable bonds is 7. The zero-order chi connectivity index (χ0) is 15.1. The molecule has 1 aromatic heterocycles. The molecule has 7 heteroatoms. The second kappa shape index (κ2) is 7.90. The predicted octanol–water partition coefficient (Wildman–Crippen LogP) is 2.03. The van der Waals surface area contributed by atoms with E-state index in [9.17, 15) is 4.79 Å². The van der Waals surface area contributed by atoms with Crippen molar-refractivity contribution in [1.29, 1.82) is 0 Å². The van der Waals surface area contributed by atoms with Gasteiger partial charge >= 0.3 is 0 Å². The summed E-state index contributed by atoms with van der Waals surface area (Å²) < 4.78 is 2.73. The third-order valence-corrected chi connectivity index (χ3v) is 3.35. The third-order valence-electron chi connectivity index (χ3n) is 2.85. The van der Waals surface area contributed by atoms with E-state index in [-0.39, 0.29) is 5.91 Å². The quantitative estimate of drug-likeness (QED) is 0.748. The molecular formula is C14H18BrN5O. The lowest BCUT2D eigenvalue weighted by Crippen LogP contribution is -2.16. The smallest absolute Gasteiger partial charge is 0.248 e. The van der Waals surface area contributed by atoms with Crippen LogP contribution in [-0.4, -0.2) is 34.3 Å². The normalized spacial score (nSPS) is 10.6. The number of nitrogens with zero attached hydrogens (tertiary/aromatic N) is 3. The van der Waals surface area contributed by atoms with Gasteiger partial charge in [0.2, 0.25) is 11.9 Å². The van der Waals surface area contributed by atoms with Gasteiger partial charge in [-0.3, -0.25) is 10.1 Å². The predicted molar refractivity (Wildman–Crippen MR) is 85.1 cm³/mol. The zero-order valence-corrected chi connectivity index (χ0v) is 13.4. The van der Waals surface area contributed by atoms with Crippen molar-refractivity contribution < 1.29 is 4.79 Å². The van der Waals surface area contributed by atoms with Crippen LogP contribution in [0.15, 0.2) is 35.1 Å². The Morgan fingerprint density at radius 2 is 2.29 bits per heavy atom. The number of nitrogens with one attached hydrogen (secondary N) is 2. The molecule has 1 aromatic carbocycles. The SMILES string of the molecule is CNCCCC(=O)Nc1ncn(Cc2cccc(Br)c2)n1. The number of aromatic nitrogens is 3. The molecule has 0 atom stereocenters. The first-order valence-corrected chi connectivity index (χ1v) is 7.55. The minimum absolute atomic E-state index is 0.0644. The highest BCUT2D eigenvalue weighted by molar-refractivity contribution is 9.10. The van der Waals surface area contributed by atoms with Crippen molar-refractivity contribution in [3.63, 3.8) is 0 Å². The Bertz CT molecular complexity index is 599. The first kappa shape index (κ1) is 15.7. The molecular weight excluding hydrogens is 334 g/mol. The second-order valence-corrected chi connectivity index (χ2v) is 5.57. The number of benzene rings is 1. The Labute approximate surface area is 132 Å². The van der Waals surface area contributed by atoms with Crippen molar-refractivity contribution >= 4 is 27.8 Å². The van der Waals surface area contributed by atoms with Crippen LogP contribution in [0.4, 0.5) is 5.95 Å². The van der Waals surface area contributed by atoms with Crippen molar-refractivity contribution in [2.45, 2.75) is 19.4 Å². The summed E-state index contributed by atoms with van der Waals surface area (Å²) in [4.78, 5) is 15.8. The van der Waals surface area contributed by atoms with Gasteiger partial charge in [-0.05, 0) is 37.7 Å². The van der Waals surface area contributed by atoms with Crippen molar-refractivity contribution in [1.82, 2.24) is 20.1 Å². The van der Waals surface area contributed by atoms with Crippen LogP contribution >= 0.6 is 15.9 Å². The van der Waals surface area contributed by atoms with Gasteiger partial charge in [0.1, 0.15) is 6.33 Å². The molecule has 0 aliphatic heterocycles. The van der Waals surface area contributed by atoms with Crippen LogP contribution < -0.4 is 10.6 Å². The van der Waals surface area contributed by atoms with Gasteiger partial charge in [0.05, 0.1) is 6.54 Å². The highest BCUT2D eigenvalue weighted by Crippen LogP contribution is 2.12. The molecule has 0 saturated carbocycles. The standard InChI is InChI=1S/C14H18BrN5O/c1-16-7-3-6-13(21)18-14-17-10-20(19-14)9-11-4-2-5-12(15)8-11/h2,4-5,8,10,16H,3,6-7,9H2,1H3,(H,18,19,21). The average molecular weight is 352 g/mol. The molecule has 0 fully saturated rings. The van der Waals surface area contributed by atoms with Gasteiger partial charge < -0.3 is 5.32 Å². The summed E-state index contributed by atoms with van der Waals surface area (Å²) in [7, 11) is 1.86. The Morgan fingerprint density at radius 3 is 3.05 bits per heavy atom. The maximum Gasteiger partial charge on any atom is 0.248 e. The fraction of sp³-hybridized carbons (Fsp3) is 0.357. The highest BCUT2D eigenvalue weighted by atomic mass is 79.9. The molecule has 2 aromatic rings. The van der Waals surface area contributed by atoms with Crippen LogP contribution in [0.3, 0.4) is 0 Å². The molecule has 0 spiro atoms. The van der Waals surface area contributed by atoms with Gasteiger partial charge in [-0.2, -0.15) is 0 Å². The van der Waals surface area contributed by atoms with Crippen LogP contribution in [0.2, 0.25) is 0 Å². The van der Waals surface area contributed by atoms with Gasteiger partial charge in [0.15, 0.2) is 0 Å². The van der Waals surface area contributed by atoms with E-state index in [0.717, 1.165) is 23.0 Å². The first-order valence-electron chi connectivity index (χ1n) is 6.75. The number of halogens is 1. The molecule has 2 rings (SSSR count).